The molecular weight excluding hydrogens is 324 g/mol. The molecule has 4 heteroatoms. The third kappa shape index (κ3) is 4.11. The van der Waals surface area contributed by atoms with Gasteiger partial charge in [0.2, 0.25) is 0 Å². The molecule has 0 fully saturated rings. The molecule has 0 saturated heterocycles. The van der Waals surface area contributed by atoms with Gasteiger partial charge in [-0.05, 0) is 39.2 Å². The number of carboxylic acids is 1. The van der Waals surface area contributed by atoms with Crippen molar-refractivity contribution in [3.05, 3.63) is 64.1 Å². The minimum atomic E-state index is -0.793. The van der Waals surface area contributed by atoms with Crippen molar-refractivity contribution in [3.63, 3.8) is 0 Å². The van der Waals surface area contributed by atoms with Crippen LogP contribution in [0, 0.1) is 0 Å². The van der Waals surface area contributed by atoms with Crippen molar-refractivity contribution in [3.8, 4) is 0 Å². The van der Waals surface area contributed by atoms with Gasteiger partial charge in [0.05, 0.1) is 6.42 Å². The Morgan fingerprint density at radius 2 is 1.68 bits per heavy atom. The minimum Gasteiger partial charge on any atom is -0.481 e. The van der Waals surface area contributed by atoms with Gasteiger partial charge in [0.1, 0.15) is 0 Å². The normalized spacial score (nSPS) is 10.4. The summed E-state index contributed by atoms with van der Waals surface area (Å²) in [5.74, 6) is -0.0233. The summed E-state index contributed by atoms with van der Waals surface area (Å²) in [6.45, 7) is 0. The number of benzene rings is 2. The molecule has 2 rings (SSSR count). The molecule has 0 spiro atoms. The van der Waals surface area contributed by atoms with Gasteiger partial charge in [-0.15, -0.1) is 11.8 Å². The Balaban J connectivity index is 2.11. The van der Waals surface area contributed by atoms with Crippen molar-refractivity contribution in [2.75, 3.05) is 0 Å². The van der Waals surface area contributed by atoms with Gasteiger partial charge < -0.3 is 5.11 Å². The molecule has 0 heterocycles. The van der Waals surface area contributed by atoms with Crippen LogP contribution in [-0.4, -0.2) is 11.1 Å². The van der Waals surface area contributed by atoms with Gasteiger partial charge in [0.15, 0.2) is 0 Å². The van der Waals surface area contributed by atoms with Crippen LogP contribution in [0.3, 0.4) is 0 Å². The maximum atomic E-state index is 10.8. The molecule has 2 aromatic carbocycles. The Morgan fingerprint density at radius 3 is 2.37 bits per heavy atom. The van der Waals surface area contributed by atoms with Crippen LogP contribution in [-0.2, 0) is 17.0 Å². The first-order chi connectivity index (χ1) is 9.16. The van der Waals surface area contributed by atoms with Crippen LogP contribution in [0.1, 0.15) is 11.1 Å². The molecule has 19 heavy (non-hydrogen) atoms. The molecule has 0 aromatic heterocycles. The number of carbonyl (C=O) groups is 1. The van der Waals surface area contributed by atoms with E-state index in [9.17, 15) is 4.79 Å². The average Bonchev–Trinajstić information content (AvgIpc) is 2.39. The summed E-state index contributed by atoms with van der Waals surface area (Å²) in [7, 11) is 0. The standard InChI is InChI=1S/C15H13BrO2S/c16-13-7-3-4-8-14(13)19-10-12-6-2-1-5-11(12)9-15(17)18/h1-8H,9-10H2,(H,17,18). The molecule has 0 aliphatic carbocycles. The van der Waals surface area contributed by atoms with E-state index in [0.717, 1.165) is 26.2 Å². The van der Waals surface area contributed by atoms with Gasteiger partial charge >= 0.3 is 5.97 Å². The number of thioether (sulfide) groups is 1. The molecular formula is C15H13BrO2S. The highest BCUT2D eigenvalue weighted by atomic mass is 79.9. The lowest BCUT2D eigenvalue weighted by Crippen LogP contribution is -2.02. The van der Waals surface area contributed by atoms with Crippen LogP contribution >= 0.6 is 27.7 Å². The molecule has 0 saturated carbocycles. The van der Waals surface area contributed by atoms with E-state index in [4.69, 9.17) is 5.11 Å². The van der Waals surface area contributed by atoms with Crippen LogP contribution < -0.4 is 0 Å². The van der Waals surface area contributed by atoms with E-state index in [-0.39, 0.29) is 6.42 Å². The molecule has 0 bridgehead atoms. The molecule has 0 aliphatic heterocycles. The van der Waals surface area contributed by atoms with Gasteiger partial charge in [-0.3, -0.25) is 4.79 Å². The predicted molar refractivity (Wildman–Crippen MR) is 81.5 cm³/mol. The summed E-state index contributed by atoms with van der Waals surface area (Å²) in [6.07, 6.45) is 0.0761. The second-order valence-electron chi connectivity index (χ2n) is 4.06. The van der Waals surface area contributed by atoms with Crippen molar-refractivity contribution < 1.29 is 9.90 Å². The fourth-order valence-electron chi connectivity index (χ4n) is 1.75. The third-order valence-electron chi connectivity index (χ3n) is 2.68. The topological polar surface area (TPSA) is 37.3 Å². The summed E-state index contributed by atoms with van der Waals surface area (Å²) in [5.41, 5.74) is 1.96. The highest BCUT2D eigenvalue weighted by Gasteiger charge is 2.07. The molecule has 0 unspecified atom stereocenters. The molecule has 0 amide bonds. The summed E-state index contributed by atoms with van der Waals surface area (Å²) in [5, 5.41) is 8.91. The smallest absolute Gasteiger partial charge is 0.307 e. The van der Waals surface area contributed by atoms with Crippen molar-refractivity contribution in [1.29, 1.82) is 0 Å². The monoisotopic (exact) mass is 336 g/mol. The van der Waals surface area contributed by atoms with E-state index in [1.807, 2.05) is 42.5 Å². The van der Waals surface area contributed by atoms with Crippen molar-refractivity contribution >= 4 is 33.7 Å². The van der Waals surface area contributed by atoms with E-state index in [1.165, 1.54) is 0 Å². The quantitative estimate of drug-likeness (QED) is 0.824. The van der Waals surface area contributed by atoms with Crippen LogP contribution in [0.2, 0.25) is 0 Å². The number of halogens is 1. The Kier molecular flexibility index (Phi) is 5.05. The fourth-order valence-corrected chi connectivity index (χ4v) is 3.35. The van der Waals surface area contributed by atoms with Crippen molar-refractivity contribution in [2.45, 2.75) is 17.1 Å². The number of hydrogen-bond acceptors (Lipinski definition) is 2. The van der Waals surface area contributed by atoms with E-state index < -0.39 is 5.97 Å². The molecule has 98 valence electrons. The fraction of sp³-hybridized carbons (Fsp3) is 0.133. The summed E-state index contributed by atoms with van der Waals surface area (Å²) in [4.78, 5) is 12.0. The summed E-state index contributed by atoms with van der Waals surface area (Å²) in [6, 6.07) is 15.7. The van der Waals surface area contributed by atoms with Gasteiger partial charge in [0.25, 0.3) is 0 Å². The zero-order valence-corrected chi connectivity index (χ0v) is 12.6. The molecule has 0 atom stereocenters. The second kappa shape index (κ2) is 6.78. The van der Waals surface area contributed by atoms with Gasteiger partial charge in [0, 0.05) is 15.1 Å². The van der Waals surface area contributed by atoms with Gasteiger partial charge in [-0.2, -0.15) is 0 Å². The maximum Gasteiger partial charge on any atom is 0.307 e. The predicted octanol–water partition coefficient (Wildman–Crippen LogP) is 4.37. The molecule has 0 radical (unpaired) electrons. The van der Waals surface area contributed by atoms with Crippen LogP contribution in [0.25, 0.3) is 0 Å². The summed E-state index contributed by atoms with van der Waals surface area (Å²) >= 11 is 5.22. The second-order valence-corrected chi connectivity index (χ2v) is 5.93. The third-order valence-corrected chi connectivity index (χ3v) is 4.76. The van der Waals surface area contributed by atoms with Crippen LogP contribution in [0.15, 0.2) is 57.9 Å². The Hall–Kier alpha value is -1.26. The van der Waals surface area contributed by atoms with E-state index >= 15 is 0 Å². The summed E-state index contributed by atoms with van der Waals surface area (Å²) < 4.78 is 1.07. The van der Waals surface area contributed by atoms with Crippen LogP contribution in [0.5, 0.6) is 0 Å². The SMILES string of the molecule is O=C(O)Cc1ccccc1CSc1ccccc1Br. The van der Waals surface area contributed by atoms with Crippen LogP contribution in [0.4, 0.5) is 0 Å². The van der Waals surface area contributed by atoms with Crippen molar-refractivity contribution in [2.24, 2.45) is 0 Å². The lowest BCUT2D eigenvalue weighted by Gasteiger charge is -2.08. The Morgan fingerprint density at radius 1 is 1.05 bits per heavy atom. The maximum absolute atomic E-state index is 10.8. The number of aliphatic carboxylic acids is 1. The average molecular weight is 337 g/mol. The zero-order chi connectivity index (χ0) is 13.7. The zero-order valence-electron chi connectivity index (χ0n) is 10.2. The molecule has 1 N–H and O–H groups in total. The number of hydrogen-bond donors (Lipinski definition) is 1. The first-order valence-electron chi connectivity index (χ1n) is 5.82. The molecule has 2 aromatic rings. The first kappa shape index (κ1) is 14.2. The Labute approximate surface area is 125 Å². The van der Waals surface area contributed by atoms with E-state index in [0.29, 0.717) is 0 Å². The molecule has 2 nitrogen and oxygen atoms in total. The highest BCUT2D eigenvalue weighted by Crippen LogP contribution is 2.30. The van der Waals surface area contributed by atoms with Gasteiger partial charge in [-0.1, -0.05) is 36.4 Å². The Bertz CT molecular complexity index is 584. The van der Waals surface area contributed by atoms with Crippen molar-refractivity contribution in [1.82, 2.24) is 0 Å². The van der Waals surface area contributed by atoms with E-state index in [2.05, 4.69) is 22.0 Å². The molecule has 0 aliphatic rings. The first-order valence-corrected chi connectivity index (χ1v) is 7.60. The van der Waals surface area contributed by atoms with E-state index in [1.54, 1.807) is 11.8 Å². The lowest BCUT2D eigenvalue weighted by atomic mass is 10.1. The number of rotatable bonds is 5. The highest BCUT2D eigenvalue weighted by molar-refractivity contribution is 9.10. The number of carboxylic acid groups (broad SMARTS) is 1. The lowest BCUT2D eigenvalue weighted by molar-refractivity contribution is -0.136. The van der Waals surface area contributed by atoms with Gasteiger partial charge in [-0.25, -0.2) is 0 Å². The minimum absolute atomic E-state index is 0.0761. The largest absolute Gasteiger partial charge is 0.481 e.